The molecular weight excluding hydrogens is 344 g/mol. The molecule has 1 aromatic carbocycles. The molecule has 2 heterocycles. The summed E-state index contributed by atoms with van der Waals surface area (Å²) in [6.07, 6.45) is 0.627. The molecular formula is C16H18N4O4S. The highest BCUT2D eigenvalue weighted by Gasteiger charge is 2.27. The number of para-hydroxylation sites is 1. The Morgan fingerprint density at radius 2 is 2.20 bits per heavy atom. The Balaban J connectivity index is 1.51. The zero-order chi connectivity index (χ0) is 17.6. The first kappa shape index (κ1) is 17.3. The zero-order valence-corrected chi connectivity index (χ0v) is 14.5. The summed E-state index contributed by atoms with van der Waals surface area (Å²) in [5, 5.41) is 2.84. The minimum atomic E-state index is -0.641. The monoisotopic (exact) mass is 362 g/mol. The van der Waals surface area contributed by atoms with E-state index in [9.17, 15) is 9.59 Å². The maximum Gasteiger partial charge on any atom is 0.418 e. The van der Waals surface area contributed by atoms with Crippen molar-refractivity contribution < 1.29 is 19.1 Å². The van der Waals surface area contributed by atoms with E-state index in [2.05, 4.69) is 14.7 Å². The number of amides is 2. The van der Waals surface area contributed by atoms with Gasteiger partial charge in [-0.3, -0.25) is 10.1 Å². The van der Waals surface area contributed by atoms with Crippen LogP contribution in [0, 0.1) is 0 Å². The molecule has 1 atom stereocenters. The predicted octanol–water partition coefficient (Wildman–Crippen LogP) is 2.29. The van der Waals surface area contributed by atoms with Crippen molar-refractivity contribution in [2.24, 2.45) is 0 Å². The summed E-state index contributed by atoms with van der Waals surface area (Å²) < 4.78 is 14.7. The van der Waals surface area contributed by atoms with Crippen LogP contribution in [-0.2, 0) is 16.1 Å². The van der Waals surface area contributed by atoms with Gasteiger partial charge in [-0.05, 0) is 25.0 Å². The molecule has 1 fully saturated rings. The number of rotatable bonds is 5. The number of likely N-dealkylation sites (N-methyl/N-ethyl adjacent to an activating group) is 1. The van der Waals surface area contributed by atoms with Gasteiger partial charge in [-0.15, -0.1) is 0 Å². The van der Waals surface area contributed by atoms with E-state index < -0.39 is 6.09 Å². The number of anilines is 1. The van der Waals surface area contributed by atoms with Gasteiger partial charge in [-0.25, -0.2) is 9.78 Å². The van der Waals surface area contributed by atoms with E-state index in [1.54, 1.807) is 31.3 Å². The van der Waals surface area contributed by atoms with Gasteiger partial charge in [0.15, 0.2) is 5.82 Å². The maximum absolute atomic E-state index is 12.2. The summed E-state index contributed by atoms with van der Waals surface area (Å²) in [4.78, 5) is 29.7. The standard InChI is InChI=1S/C16H18N4O4S/c1-20(14(21)12-8-5-9-23-12)10-13-17-15(25-19-13)18-16(22)24-11-6-3-2-4-7-11/h2-4,6-7,12H,5,8-10H2,1H3,(H,17,18,19,22)/t12-/m1/s1. The van der Waals surface area contributed by atoms with Crippen molar-refractivity contribution in [1.29, 1.82) is 0 Å². The van der Waals surface area contributed by atoms with Crippen LogP contribution in [0.3, 0.4) is 0 Å². The van der Waals surface area contributed by atoms with E-state index in [-0.39, 0.29) is 18.6 Å². The largest absolute Gasteiger partial charge is 0.418 e. The lowest BCUT2D eigenvalue weighted by Crippen LogP contribution is -2.35. The van der Waals surface area contributed by atoms with E-state index in [4.69, 9.17) is 9.47 Å². The fourth-order valence-corrected chi connectivity index (χ4v) is 2.95. The molecule has 2 amide bonds. The molecule has 1 aromatic heterocycles. The first-order valence-electron chi connectivity index (χ1n) is 7.85. The van der Waals surface area contributed by atoms with Crippen molar-refractivity contribution in [2.45, 2.75) is 25.5 Å². The number of hydrogen-bond donors (Lipinski definition) is 1. The second-order valence-corrected chi connectivity index (χ2v) is 6.29. The van der Waals surface area contributed by atoms with E-state index in [1.807, 2.05) is 6.07 Å². The fourth-order valence-electron chi connectivity index (χ4n) is 2.39. The third-order valence-corrected chi connectivity index (χ3v) is 4.26. The molecule has 1 N–H and O–H groups in total. The summed E-state index contributed by atoms with van der Waals surface area (Å²) >= 11 is 1.03. The van der Waals surface area contributed by atoms with Gasteiger partial charge < -0.3 is 14.4 Å². The van der Waals surface area contributed by atoms with Gasteiger partial charge >= 0.3 is 6.09 Å². The van der Waals surface area contributed by atoms with Crippen LogP contribution in [0.25, 0.3) is 0 Å². The third-order valence-electron chi connectivity index (χ3n) is 3.59. The minimum Gasteiger partial charge on any atom is -0.410 e. The van der Waals surface area contributed by atoms with Crippen LogP contribution < -0.4 is 10.1 Å². The molecule has 0 radical (unpaired) electrons. The molecule has 0 saturated carbocycles. The van der Waals surface area contributed by atoms with Gasteiger partial charge in [0.2, 0.25) is 5.13 Å². The van der Waals surface area contributed by atoms with Crippen molar-refractivity contribution in [3.8, 4) is 5.75 Å². The van der Waals surface area contributed by atoms with Crippen LogP contribution in [0.2, 0.25) is 0 Å². The molecule has 0 spiro atoms. The quantitative estimate of drug-likeness (QED) is 0.877. The number of nitrogens with zero attached hydrogens (tertiary/aromatic N) is 3. The molecule has 0 aliphatic carbocycles. The Bertz CT molecular complexity index is 731. The second-order valence-electron chi connectivity index (χ2n) is 5.54. The first-order valence-corrected chi connectivity index (χ1v) is 8.62. The van der Waals surface area contributed by atoms with Crippen LogP contribution in [0.1, 0.15) is 18.7 Å². The Morgan fingerprint density at radius 3 is 2.92 bits per heavy atom. The number of carbonyl (C=O) groups excluding carboxylic acids is 2. The molecule has 0 unspecified atom stereocenters. The lowest BCUT2D eigenvalue weighted by molar-refractivity contribution is -0.140. The van der Waals surface area contributed by atoms with Crippen molar-refractivity contribution in [2.75, 3.05) is 19.0 Å². The number of carbonyl (C=O) groups is 2. The topological polar surface area (TPSA) is 93.7 Å². The smallest absolute Gasteiger partial charge is 0.410 e. The van der Waals surface area contributed by atoms with Crippen molar-refractivity contribution in [3.63, 3.8) is 0 Å². The van der Waals surface area contributed by atoms with Crippen LogP contribution in [-0.4, -0.2) is 46.0 Å². The summed E-state index contributed by atoms with van der Waals surface area (Å²) in [5.74, 6) is 0.811. The molecule has 1 aliphatic heterocycles. The third kappa shape index (κ3) is 4.74. The van der Waals surface area contributed by atoms with Crippen LogP contribution in [0.5, 0.6) is 5.75 Å². The van der Waals surface area contributed by atoms with Crippen molar-refractivity contribution >= 4 is 28.7 Å². The summed E-state index contributed by atoms with van der Waals surface area (Å²) in [7, 11) is 1.68. The van der Waals surface area contributed by atoms with Crippen LogP contribution in [0.4, 0.5) is 9.93 Å². The number of nitrogens with one attached hydrogen (secondary N) is 1. The van der Waals surface area contributed by atoms with E-state index in [0.29, 0.717) is 23.3 Å². The molecule has 0 bridgehead atoms. The number of hydrogen-bond acceptors (Lipinski definition) is 7. The van der Waals surface area contributed by atoms with Crippen LogP contribution >= 0.6 is 11.5 Å². The predicted molar refractivity (Wildman–Crippen MR) is 91.4 cm³/mol. The van der Waals surface area contributed by atoms with Gasteiger partial charge in [0.05, 0.1) is 6.54 Å². The maximum atomic E-state index is 12.2. The molecule has 9 heteroatoms. The van der Waals surface area contributed by atoms with Gasteiger partial charge in [0.25, 0.3) is 5.91 Å². The summed E-state index contributed by atoms with van der Waals surface area (Å²) in [6, 6.07) is 8.73. The molecule has 25 heavy (non-hydrogen) atoms. The Hall–Kier alpha value is -2.52. The Kier molecular flexibility index (Phi) is 5.56. The Labute approximate surface area is 148 Å². The molecule has 2 aromatic rings. The van der Waals surface area contributed by atoms with E-state index >= 15 is 0 Å². The summed E-state index contributed by atoms with van der Waals surface area (Å²) in [5.41, 5.74) is 0. The Morgan fingerprint density at radius 1 is 1.40 bits per heavy atom. The fraction of sp³-hybridized carbons (Fsp3) is 0.375. The van der Waals surface area contributed by atoms with Gasteiger partial charge in [-0.2, -0.15) is 4.37 Å². The number of benzene rings is 1. The zero-order valence-electron chi connectivity index (χ0n) is 13.7. The van der Waals surface area contributed by atoms with Crippen molar-refractivity contribution in [1.82, 2.24) is 14.3 Å². The minimum absolute atomic E-state index is 0.0784. The van der Waals surface area contributed by atoms with E-state index in [0.717, 1.165) is 24.4 Å². The number of aromatic nitrogens is 2. The first-order chi connectivity index (χ1) is 12.1. The lowest BCUT2D eigenvalue weighted by Gasteiger charge is -2.18. The van der Waals surface area contributed by atoms with Gasteiger partial charge in [-0.1, -0.05) is 18.2 Å². The summed E-state index contributed by atoms with van der Waals surface area (Å²) in [6.45, 7) is 0.876. The van der Waals surface area contributed by atoms with Crippen LogP contribution in [0.15, 0.2) is 30.3 Å². The normalized spacial score (nSPS) is 16.4. The number of ether oxygens (including phenoxy) is 2. The molecule has 3 rings (SSSR count). The second kappa shape index (κ2) is 8.04. The average Bonchev–Trinajstić information content (AvgIpc) is 3.27. The molecule has 1 aliphatic rings. The molecule has 1 saturated heterocycles. The van der Waals surface area contributed by atoms with E-state index in [1.165, 1.54) is 4.90 Å². The highest BCUT2D eigenvalue weighted by atomic mass is 32.1. The highest BCUT2D eigenvalue weighted by Crippen LogP contribution is 2.17. The molecule has 132 valence electrons. The van der Waals surface area contributed by atoms with Crippen molar-refractivity contribution in [3.05, 3.63) is 36.2 Å². The average molecular weight is 362 g/mol. The molecule has 8 nitrogen and oxygen atoms in total. The SMILES string of the molecule is CN(Cc1nsc(NC(=O)Oc2ccccc2)n1)C(=O)[C@H]1CCCO1. The van der Waals surface area contributed by atoms with Gasteiger partial charge in [0.1, 0.15) is 11.9 Å². The lowest BCUT2D eigenvalue weighted by atomic mass is 10.2. The highest BCUT2D eigenvalue weighted by molar-refractivity contribution is 7.09. The van der Waals surface area contributed by atoms with Gasteiger partial charge in [0, 0.05) is 25.2 Å².